The number of aromatic nitrogens is 2. The van der Waals surface area contributed by atoms with E-state index in [2.05, 4.69) is 15.4 Å². The summed E-state index contributed by atoms with van der Waals surface area (Å²) in [4.78, 5) is 8.13. The van der Waals surface area contributed by atoms with Gasteiger partial charge in [-0.3, -0.25) is 21.2 Å². The molecule has 1 atom stereocenters. The van der Waals surface area contributed by atoms with Crippen molar-refractivity contribution in [3.05, 3.63) is 53.9 Å². The van der Waals surface area contributed by atoms with Crippen LogP contribution in [-0.4, -0.2) is 17.1 Å². The Balaban J connectivity index is 2.24. The molecule has 0 spiro atoms. The second kappa shape index (κ2) is 6.21. The summed E-state index contributed by atoms with van der Waals surface area (Å²) in [7, 11) is 1.43. The van der Waals surface area contributed by atoms with Crippen LogP contribution in [0.5, 0.6) is 5.75 Å². The SMILES string of the molecule is COc1cccc(CC(NN)c2cnccn2)c1F. The lowest BCUT2D eigenvalue weighted by Gasteiger charge is -2.16. The minimum Gasteiger partial charge on any atom is -0.494 e. The molecule has 0 amide bonds. The monoisotopic (exact) mass is 262 g/mol. The highest BCUT2D eigenvalue weighted by Gasteiger charge is 2.16. The van der Waals surface area contributed by atoms with Crippen LogP contribution in [0.2, 0.25) is 0 Å². The minimum absolute atomic E-state index is 0.215. The van der Waals surface area contributed by atoms with E-state index in [1.54, 1.807) is 36.8 Å². The number of hydrogen-bond donors (Lipinski definition) is 2. The average Bonchev–Trinajstić information content (AvgIpc) is 2.47. The van der Waals surface area contributed by atoms with E-state index < -0.39 is 0 Å². The summed E-state index contributed by atoms with van der Waals surface area (Å²) in [6.45, 7) is 0. The van der Waals surface area contributed by atoms with Crippen LogP contribution in [0.1, 0.15) is 17.3 Å². The topological polar surface area (TPSA) is 73.1 Å². The zero-order valence-corrected chi connectivity index (χ0v) is 10.5. The number of benzene rings is 1. The highest BCUT2D eigenvalue weighted by molar-refractivity contribution is 5.32. The summed E-state index contributed by atoms with van der Waals surface area (Å²) in [5, 5.41) is 0. The molecule has 19 heavy (non-hydrogen) atoms. The molecule has 100 valence electrons. The number of methoxy groups -OCH3 is 1. The molecule has 1 aromatic carbocycles. The molecule has 0 fully saturated rings. The molecule has 3 N–H and O–H groups in total. The molecule has 2 aromatic rings. The number of halogens is 1. The van der Waals surface area contributed by atoms with Crippen LogP contribution in [0.4, 0.5) is 4.39 Å². The zero-order valence-electron chi connectivity index (χ0n) is 10.5. The van der Waals surface area contributed by atoms with E-state index in [1.165, 1.54) is 7.11 Å². The maximum Gasteiger partial charge on any atom is 0.168 e. The molecule has 0 bridgehead atoms. The molecule has 0 aliphatic heterocycles. The first-order chi connectivity index (χ1) is 9.26. The van der Waals surface area contributed by atoms with E-state index in [0.29, 0.717) is 17.7 Å². The molecular weight excluding hydrogens is 247 g/mol. The number of rotatable bonds is 5. The third-order valence-electron chi connectivity index (χ3n) is 2.83. The van der Waals surface area contributed by atoms with Gasteiger partial charge in [0.25, 0.3) is 0 Å². The fourth-order valence-corrected chi connectivity index (χ4v) is 1.83. The molecule has 1 heterocycles. The molecular formula is C13H15FN4O. The molecule has 0 aliphatic carbocycles. The van der Waals surface area contributed by atoms with Gasteiger partial charge < -0.3 is 4.74 Å². The van der Waals surface area contributed by atoms with Gasteiger partial charge in [0.1, 0.15) is 0 Å². The Kier molecular flexibility index (Phi) is 4.38. The standard InChI is InChI=1S/C13H15FN4O/c1-19-12-4-2-3-9(13(12)14)7-10(18-15)11-8-16-5-6-17-11/h2-6,8,10,18H,7,15H2,1H3. The second-order valence-electron chi connectivity index (χ2n) is 3.99. The zero-order chi connectivity index (χ0) is 13.7. The molecule has 0 radical (unpaired) electrons. The first-order valence-corrected chi connectivity index (χ1v) is 5.79. The Morgan fingerprint density at radius 3 is 2.89 bits per heavy atom. The van der Waals surface area contributed by atoms with Gasteiger partial charge in [0.15, 0.2) is 11.6 Å². The number of nitrogens with one attached hydrogen (secondary N) is 1. The Labute approximate surface area is 110 Å². The lowest BCUT2D eigenvalue weighted by atomic mass is 10.0. The molecule has 0 aliphatic rings. The van der Waals surface area contributed by atoms with E-state index >= 15 is 0 Å². The minimum atomic E-state index is -0.380. The summed E-state index contributed by atoms with van der Waals surface area (Å²) in [6, 6.07) is 4.70. The fraction of sp³-hybridized carbons (Fsp3) is 0.231. The maximum atomic E-state index is 14.1. The van der Waals surface area contributed by atoms with Crippen LogP contribution >= 0.6 is 0 Å². The van der Waals surface area contributed by atoms with Crippen molar-refractivity contribution in [2.24, 2.45) is 5.84 Å². The van der Waals surface area contributed by atoms with Crippen LogP contribution in [0.15, 0.2) is 36.8 Å². The predicted octanol–water partition coefficient (Wildman–Crippen LogP) is 1.37. The van der Waals surface area contributed by atoms with Gasteiger partial charge in [-0.1, -0.05) is 12.1 Å². The quantitative estimate of drug-likeness (QED) is 0.629. The van der Waals surface area contributed by atoms with E-state index in [1.807, 2.05) is 0 Å². The van der Waals surface area contributed by atoms with Crippen LogP contribution in [0, 0.1) is 5.82 Å². The number of nitrogens with zero attached hydrogens (tertiary/aromatic N) is 2. The summed E-state index contributed by atoms with van der Waals surface area (Å²) in [5.41, 5.74) is 3.79. The van der Waals surface area contributed by atoms with Gasteiger partial charge in [-0.25, -0.2) is 4.39 Å². The van der Waals surface area contributed by atoms with Gasteiger partial charge in [-0.15, -0.1) is 0 Å². The molecule has 1 unspecified atom stereocenters. The third kappa shape index (κ3) is 3.04. The lowest BCUT2D eigenvalue weighted by Crippen LogP contribution is -2.30. The normalized spacial score (nSPS) is 12.2. The van der Waals surface area contributed by atoms with Gasteiger partial charge in [-0.05, 0) is 18.1 Å². The Morgan fingerprint density at radius 1 is 1.42 bits per heavy atom. The lowest BCUT2D eigenvalue weighted by molar-refractivity contribution is 0.382. The number of hydrogen-bond acceptors (Lipinski definition) is 5. The molecule has 2 rings (SSSR count). The Hall–Kier alpha value is -2.05. The molecule has 5 nitrogen and oxygen atoms in total. The van der Waals surface area contributed by atoms with Crippen molar-refractivity contribution >= 4 is 0 Å². The van der Waals surface area contributed by atoms with E-state index in [0.717, 1.165) is 0 Å². The van der Waals surface area contributed by atoms with Gasteiger partial charge in [-0.2, -0.15) is 0 Å². The van der Waals surface area contributed by atoms with Gasteiger partial charge >= 0.3 is 0 Å². The van der Waals surface area contributed by atoms with Crippen LogP contribution in [0.25, 0.3) is 0 Å². The fourth-order valence-electron chi connectivity index (χ4n) is 1.83. The van der Waals surface area contributed by atoms with Crippen molar-refractivity contribution in [3.63, 3.8) is 0 Å². The van der Waals surface area contributed by atoms with Crippen molar-refractivity contribution in [1.29, 1.82) is 0 Å². The molecule has 0 saturated carbocycles. The van der Waals surface area contributed by atoms with Gasteiger partial charge in [0.2, 0.25) is 0 Å². The smallest absolute Gasteiger partial charge is 0.168 e. The first-order valence-electron chi connectivity index (χ1n) is 5.79. The van der Waals surface area contributed by atoms with E-state index in [9.17, 15) is 4.39 Å². The average molecular weight is 262 g/mol. The predicted molar refractivity (Wildman–Crippen MR) is 68.8 cm³/mol. The van der Waals surface area contributed by atoms with Crippen molar-refractivity contribution < 1.29 is 9.13 Å². The van der Waals surface area contributed by atoms with Gasteiger partial charge in [0.05, 0.1) is 25.0 Å². The van der Waals surface area contributed by atoms with Crippen LogP contribution < -0.4 is 16.0 Å². The first kappa shape index (κ1) is 13.4. The van der Waals surface area contributed by atoms with Gasteiger partial charge in [0, 0.05) is 12.4 Å². The molecule has 0 saturated heterocycles. The summed E-state index contributed by atoms with van der Waals surface area (Å²) in [5.74, 6) is 5.34. The molecule has 1 aromatic heterocycles. The Morgan fingerprint density at radius 2 is 2.26 bits per heavy atom. The number of hydrazine groups is 1. The number of nitrogens with two attached hydrogens (primary N) is 1. The van der Waals surface area contributed by atoms with E-state index in [4.69, 9.17) is 10.6 Å². The van der Waals surface area contributed by atoms with Crippen LogP contribution in [0.3, 0.4) is 0 Å². The molecule has 6 heteroatoms. The van der Waals surface area contributed by atoms with Crippen LogP contribution in [-0.2, 0) is 6.42 Å². The summed E-state index contributed by atoms with van der Waals surface area (Å²) in [6.07, 6.45) is 5.10. The van der Waals surface area contributed by atoms with Crippen molar-refractivity contribution in [2.75, 3.05) is 7.11 Å². The van der Waals surface area contributed by atoms with Crippen molar-refractivity contribution in [1.82, 2.24) is 15.4 Å². The Bertz CT molecular complexity index is 535. The summed E-state index contributed by atoms with van der Waals surface area (Å²) >= 11 is 0. The third-order valence-corrected chi connectivity index (χ3v) is 2.83. The number of ether oxygens (including phenoxy) is 1. The van der Waals surface area contributed by atoms with Crippen molar-refractivity contribution in [3.8, 4) is 5.75 Å². The second-order valence-corrected chi connectivity index (χ2v) is 3.99. The van der Waals surface area contributed by atoms with Crippen molar-refractivity contribution in [2.45, 2.75) is 12.5 Å². The van der Waals surface area contributed by atoms with E-state index in [-0.39, 0.29) is 17.6 Å². The highest BCUT2D eigenvalue weighted by atomic mass is 19.1. The largest absolute Gasteiger partial charge is 0.494 e. The maximum absolute atomic E-state index is 14.1. The highest BCUT2D eigenvalue weighted by Crippen LogP contribution is 2.23. The summed E-state index contributed by atoms with van der Waals surface area (Å²) < 4.78 is 19.0.